The molecule has 0 aromatic carbocycles. The van der Waals surface area contributed by atoms with Crippen LogP contribution in [0.4, 0.5) is 0 Å². The summed E-state index contributed by atoms with van der Waals surface area (Å²) >= 11 is 0. The van der Waals surface area contributed by atoms with E-state index in [4.69, 9.17) is 4.74 Å². The van der Waals surface area contributed by atoms with Crippen LogP contribution in [-0.2, 0) is 4.74 Å². The Bertz CT molecular complexity index is 175. The number of rotatable bonds is 3. The van der Waals surface area contributed by atoms with Crippen molar-refractivity contribution in [2.45, 2.75) is 51.0 Å². The molecule has 2 rings (SSSR count). The molecule has 2 fully saturated rings. The van der Waals surface area contributed by atoms with Crippen LogP contribution >= 0.6 is 0 Å². The lowest BCUT2D eigenvalue weighted by Gasteiger charge is -2.27. The van der Waals surface area contributed by atoms with Gasteiger partial charge in [-0.1, -0.05) is 25.7 Å². The average Bonchev–Trinajstić information content (AvgIpc) is 2.53. The summed E-state index contributed by atoms with van der Waals surface area (Å²) in [5.41, 5.74) is 0. The van der Waals surface area contributed by atoms with Gasteiger partial charge in [0.1, 0.15) is 0 Å². The van der Waals surface area contributed by atoms with Gasteiger partial charge in [0.05, 0.1) is 6.61 Å². The molecule has 1 saturated heterocycles. The van der Waals surface area contributed by atoms with Gasteiger partial charge in [-0.25, -0.2) is 0 Å². The quantitative estimate of drug-likeness (QED) is 0.724. The van der Waals surface area contributed by atoms with Gasteiger partial charge in [-0.05, 0) is 37.6 Å². The zero-order valence-electron chi connectivity index (χ0n) is 10.0. The topological polar surface area (TPSA) is 21.3 Å². The first-order chi connectivity index (χ1) is 7.42. The fourth-order valence-corrected chi connectivity index (χ4v) is 3.40. The molecular formula is C13H25NO. The highest BCUT2D eigenvalue weighted by molar-refractivity contribution is 4.89. The van der Waals surface area contributed by atoms with Crippen molar-refractivity contribution in [3.8, 4) is 0 Å². The van der Waals surface area contributed by atoms with Crippen LogP contribution in [0.15, 0.2) is 0 Å². The van der Waals surface area contributed by atoms with E-state index in [0.29, 0.717) is 0 Å². The highest BCUT2D eigenvalue weighted by Crippen LogP contribution is 2.32. The van der Waals surface area contributed by atoms with E-state index in [1.165, 1.54) is 51.5 Å². The van der Waals surface area contributed by atoms with Gasteiger partial charge in [0, 0.05) is 13.2 Å². The van der Waals surface area contributed by atoms with Crippen molar-refractivity contribution in [1.29, 1.82) is 0 Å². The molecule has 2 atom stereocenters. The fourth-order valence-electron chi connectivity index (χ4n) is 3.40. The molecule has 2 nitrogen and oxygen atoms in total. The van der Waals surface area contributed by atoms with Crippen LogP contribution in [0.5, 0.6) is 0 Å². The number of ether oxygens (including phenoxy) is 1. The van der Waals surface area contributed by atoms with Crippen LogP contribution < -0.4 is 5.32 Å². The normalized spacial score (nSPS) is 34.2. The summed E-state index contributed by atoms with van der Waals surface area (Å²) in [6.45, 7) is 2.16. The molecule has 0 bridgehead atoms. The van der Waals surface area contributed by atoms with Crippen molar-refractivity contribution >= 4 is 0 Å². The molecule has 1 heterocycles. The molecular weight excluding hydrogens is 186 g/mol. The molecule has 1 aliphatic carbocycles. The van der Waals surface area contributed by atoms with Crippen molar-refractivity contribution in [3.05, 3.63) is 0 Å². The summed E-state index contributed by atoms with van der Waals surface area (Å²) in [4.78, 5) is 0. The predicted molar refractivity (Wildman–Crippen MR) is 63.0 cm³/mol. The lowest BCUT2D eigenvalue weighted by Crippen LogP contribution is -2.36. The highest BCUT2D eigenvalue weighted by atomic mass is 16.5. The number of hydrogen-bond acceptors (Lipinski definition) is 2. The van der Waals surface area contributed by atoms with Crippen LogP contribution in [0.3, 0.4) is 0 Å². The molecule has 15 heavy (non-hydrogen) atoms. The second kappa shape index (κ2) is 5.86. The second-order valence-corrected chi connectivity index (χ2v) is 5.24. The van der Waals surface area contributed by atoms with Crippen molar-refractivity contribution < 1.29 is 4.74 Å². The van der Waals surface area contributed by atoms with Crippen LogP contribution in [0, 0.1) is 11.8 Å². The molecule has 1 aliphatic heterocycles. The molecule has 0 spiro atoms. The third-order valence-corrected chi connectivity index (χ3v) is 4.19. The largest absolute Gasteiger partial charge is 0.384 e. The van der Waals surface area contributed by atoms with Gasteiger partial charge < -0.3 is 10.1 Å². The van der Waals surface area contributed by atoms with Gasteiger partial charge in [0.25, 0.3) is 0 Å². The summed E-state index contributed by atoms with van der Waals surface area (Å²) in [7, 11) is 1.84. The van der Waals surface area contributed by atoms with Crippen LogP contribution in [-0.4, -0.2) is 26.3 Å². The lowest BCUT2D eigenvalue weighted by atomic mass is 9.85. The predicted octanol–water partition coefficient (Wildman–Crippen LogP) is 2.58. The standard InChI is InChI=1S/C13H25NO/c1-15-10-12-8-9-14-13(12)11-6-4-2-3-5-7-11/h11-14H,2-10H2,1H3. The van der Waals surface area contributed by atoms with E-state index in [1.54, 1.807) is 0 Å². The zero-order valence-corrected chi connectivity index (χ0v) is 10.0. The number of hydrogen-bond donors (Lipinski definition) is 1. The third-order valence-electron chi connectivity index (χ3n) is 4.19. The molecule has 2 heteroatoms. The van der Waals surface area contributed by atoms with Gasteiger partial charge in [0.2, 0.25) is 0 Å². The van der Waals surface area contributed by atoms with Crippen LogP contribution in [0.2, 0.25) is 0 Å². The van der Waals surface area contributed by atoms with Crippen molar-refractivity contribution in [2.75, 3.05) is 20.3 Å². The molecule has 0 radical (unpaired) electrons. The first-order valence-corrected chi connectivity index (χ1v) is 6.64. The van der Waals surface area contributed by atoms with Crippen molar-refractivity contribution in [3.63, 3.8) is 0 Å². The summed E-state index contributed by atoms with van der Waals surface area (Å²) in [6, 6.07) is 0.753. The van der Waals surface area contributed by atoms with Crippen LogP contribution in [0.25, 0.3) is 0 Å². The Labute approximate surface area is 93.8 Å². The Hall–Kier alpha value is -0.0800. The smallest absolute Gasteiger partial charge is 0.0505 e. The Morgan fingerprint density at radius 1 is 1.07 bits per heavy atom. The molecule has 88 valence electrons. The first-order valence-electron chi connectivity index (χ1n) is 6.64. The molecule has 2 aliphatic rings. The summed E-state index contributed by atoms with van der Waals surface area (Å²) in [6.07, 6.45) is 10.0. The van der Waals surface area contributed by atoms with Gasteiger partial charge in [-0.3, -0.25) is 0 Å². The average molecular weight is 211 g/mol. The third kappa shape index (κ3) is 2.94. The first kappa shape index (κ1) is 11.4. The maximum Gasteiger partial charge on any atom is 0.0505 e. The van der Waals surface area contributed by atoms with Crippen LogP contribution in [0.1, 0.15) is 44.9 Å². The fraction of sp³-hybridized carbons (Fsp3) is 1.00. The monoisotopic (exact) mass is 211 g/mol. The molecule has 2 unspecified atom stereocenters. The lowest BCUT2D eigenvalue weighted by molar-refractivity contribution is 0.128. The SMILES string of the molecule is COCC1CCNC1C1CCCCCC1. The van der Waals surface area contributed by atoms with Gasteiger partial charge in [-0.2, -0.15) is 0 Å². The molecule has 0 aromatic heterocycles. The Morgan fingerprint density at radius 2 is 1.80 bits per heavy atom. The van der Waals surface area contributed by atoms with Gasteiger partial charge in [0.15, 0.2) is 0 Å². The van der Waals surface area contributed by atoms with Gasteiger partial charge >= 0.3 is 0 Å². The minimum Gasteiger partial charge on any atom is -0.384 e. The Balaban J connectivity index is 1.89. The minimum atomic E-state index is 0.753. The Kier molecular flexibility index (Phi) is 4.45. The minimum absolute atomic E-state index is 0.753. The summed E-state index contributed by atoms with van der Waals surface area (Å²) in [5.74, 6) is 1.70. The molecule has 0 amide bonds. The number of nitrogens with one attached hydrogen (secondary N) is 1. The maximum absolute atomic E-state index is 5.34. The number of methoxy groups -OCH3 is 1. The maximum atomic E-state index is 5.34. The van der Waals surface area contributed by atoms with E-state index in [9.17, 15) is 0 Å². The van der Waals surface area contributed by atoms with E-state index in [1.807, 2.05) is 7.11 Å². The van der Waals surface area contributed by atoms with Crippen molar-refractivity contribution in [2.24, 2.45) is 11.8 Å². The molecule has 1 N–H and O–H groups in total. The summed E-state index contributed by atoms with van der Waals surface area (Å²) < 4.78 is 5.34. The van der Waals surface area contributed by atoms with E-state index in [2.05, 4.69) is 5.32 Å². The highest BCUT2D eigenvalue weighted by Gasteiger charge is 2.33. The van der Waals surface area contributed by atoms with E-state index < -0.39 is 0 Å². The molecule has 0 aromatic rings. The van der Waals surface area contributed by atoms with E-state index in [0.717, 1.165) is 24.5 Å². The second-order valence-electron chi connectivity index (χ2n) is 5.24. The zero-order chi connectivity index (χ0) is 10.5. The Morgan fingerprint density at radius 3 is 2.47 bits per heavy atom. The van der Waals surface area contributed by atoms with E-state index in [-0.39, 0.29) is 0 Å². The van der Waals surface area contributed by atoms with Crippen molar-refractivity contribution in [1.82, 2.24) is 5.32 Å². The van der Waals surface area contributed by atoms with E-state index >= 15 is 0 Å². The van der Waals surface area contributed by atoms with Gasteiger partial charge in [-0.15, -0.1) is 0 Å². The summed E-state index contributed by atoms with van der Waals surface area (Å²) in [5, 5.41) is 3.71. The molecule has 1 saturated carbocycles.